The predicted octanol–water partition coefficient (Wildman–Crippen LogP) is 4.08. The second-order valence-electron chi connectivity index (χ2n) is 6.74. The van der Waals surface area contributed by atoms with Crippen LogP contribution >= 0.6 is 0 Å². The van der Waals surface area contributed by atoms with Crippen LogP contribution in [0.25, 0.3) is 16.8 Å². The first-order chi connectivity index (χ1) is 13.7. The van der Waals surface area contributed by atoms with Gasteiger partial charge < -0.3 is 15.0 Å². The summed E-state index contributed by atoms with van der Waals surface area (Å²) in [5.41, 5.74) is 5.25. The first kappa shape index (κ1) is 17.9. The molecule has 4 aromatic rings. The predicted molar refractivity (Wildman–Crippen MR) is 113 cm³/mol. The second kappa shape index (κ2) is 7.60. The van der Waals surface area contributed by atoms with E-state index in [0.717, 1.165) is 39.6 Å². The van der Waals surface area contributed by atoms with Crippen molar-refractivity contribution in [1.82, 2.24) is 14.6 Å². The van der Waals surface area contributed by atoms with Gasteiger partial charge in [-0.3, -0.25) is 0 Å². The average molecular weight is 373 g/mol. The third-order valence-electron chi connectivity index (χ3n) is 4.71. The molecule has 6 nitrogen and oxygen atoms in total. The van der Waals surface area contributed by atoms with Gasteiger partial charge in [0.25, 0.3) is 0 Å². The minimum atomic E-state index is 0.687. The zero-order valence-corrected chi connectivity index (χ0v) is 16.3. The zero-order valence-electron chi connectivity index (χ0n) is 16.3. The van der Waals surface area contributed by atoms with Gasteiger partial charge in [0.05, 0.1) is 13.3 Å². The standard InChI is InChI=1S/C22H23N5O/c1-26(2)20-7-5-4-6-18(20)19-15-25-27-21(12-13-23-22(19)27)24-14-16-8-10-17(28-3)11-9-16/h4-13,15,24H,14H2,1-3H3. The molecule has 0 fully saturated rings. The van der Waals surface area contributed by atoms with Gasteiger partial charge in [0.2, 0.25) is 0 Å². The molecule has 0 spiro atoms. The first-order valence-electron chi connectivity index (χ1n) is 9.13. The SMILES string of the molecule is COc1ccc(CNc2ccnc3c(-c4ccccc4N(C)C)cnn23)cc1. The Bertz CT molecular complexity index is 1090. The molecule has 0 radical (unpaired) electrons. The average Bonchev–Trinajstić information content (AvgIpc) is 3.17. The van der Waals surface area contributed by atoms with Crippen LogP contribution in [0.15, 0.2) is 67.0 Å². The van der Waals surface area contributed by atoms with E-state index in [9.17, 15) is 0 Å². The molecule has 2 aromatic heterocycles. The Morgan fingerprint density at radius 2 is 1.79 bits per heavy atom. The van der Waals surface area contributed by atoms with E-state index < -0.39 is 0 Å². The largest absolute Gasteiger partial charge is 0.497 e. The van der Waals surface area contributed by atoms with Crippen molar-refractivity contribution < 1.29 is 4.74 Å². The molecule has 6 heteroatoms. The molecule has 0 aliphatic rings. The third kappa shape index (κ3) is 3.36. The summed E-state index contributed by atoms with van der Waals surface area (Å²) in [4.78, 5) is 6.68. The number of nitrogens with one attached hydrogen (secondary N) is 1. The molecular formula is C22H23N5O. The highest BCUT2D eigenvalue weighted by Gasteiger charge is 2.14. The molecule has 0 saturated heterocycles. The maximum Gasteiger partial charge on any atom is 0.165 e. The molecule has 142 valence electrons. The van der Waals surface area contributed by atoms with E-state index in [1.54, 1.807) is 7.11 Å². The highest BCUT2D eigenvalue weighted by molar-refractivity contribution is 5.86. The summed E-state index contributed by atoms with van der Waals surface area (Å²) in [6, 6.07) is 18.2. The van der Waals surface area contributed by atoms with Crippen molar-refractivity contribution in [2.24, 2.45) is 0 Å². The molecule has 28 heavy (non-hydrogen) atoms. The van der Waals surface area contributed by atoms with Crippen LogP contribution in [0.4, 0.5) is 11.5 Å². The van der Waals surface area contributed by atoms with Crippen LogP contribution in [0.2, 0.25) is 0 Å². The lowest BCUT2D eigenvalue weighted by molar-refractivity contribution is 0.414. The van der Waals surface area contributed by atoms with Gasteiger partial charge >= 0.3 is 0 Å². The number of benzene rings is 2. The van der Waals surface area contributed by atoms with E-state index in [1.165, 1.54) is 0 Å². The number of hydrogen-bond donors (Lipinski definition) is 1. The third-order valence-corrected chi connectivity index (χ3v) is 4.71. The number of rotatable bonds is 6. The van der Waals surface area contributed by atoms with E-state index in [1.807, 2.05) is 73.5 Å². The number of para-hydroxylation sites is 1. The Morgan fingerprint density at radius 1 is 1.00 bits per heavy atom. The van der Waals surface area contributed by atoms with Crippen LogP contribution < -0.4 is 15.0 Å². The van der Waals surface area contributed by atoms with Crippen molar-refractivity contribution in [3.8, 4) is 16.9 Å². The Kier molecular flexibility index (Phi) is 4.85. The van der Waals surface area contributed by atoms with Crippen LogP contribution in [0, 0.1) is 0 Å². The molecule has 2 heterocycles. The monoisotopic (exact) mass is 373 g/mol. The number of ether oxygens (including phenoxy) is 1. The molecule has 0 unspecified atom stereocenters. The highest BCUT2D eigenvalue weighted by atomic mass is 16.5. The summed E-state index contributed by atoms with van der Waals surface area (Å²) in [6.45, 7) is 0.687. The topological polar surface area (TPSA) is 54.7 Å². The van der Waals surface area contributed by atoms with Crippen LogP contribution in [0.1, 0.15) is 5.56 Å². The number of anilines is 2. The normalized spacial score (nSPS) is 10.8. The van der Waals surface area contributed by atoms with Gasteiger partial charge in [-0.25, -0.2) is 4.98 Å². The second-order valence-corrected chi connectivity index (χ2v) is 6.74. The fourth-order valence-electron chi connectivity index (χ4n) is 3.24. The van der Waals surface area contributed by atoms with Crippen LogP contribution in [0.5, 0.6) is 5.75 Å². The first-order valence-corrected chi connectivity index (χ1v) is 9.13. The Hall–Kier alpha value is -3.54. The minimum Gasteiger partial charge on any atom is -0.497 e. The van der Waals surface area contributed by atoms with Crippen molar-refractivity contribution in [3.63, 3.8) is 0 Å². The lowest BCUT2D eigenvalue weighted by Crippen LogP contribution is -2.09. The van der Waals surface area contributed by atoms with E-state index in [2.05, 4.69) is 32.4 Å². The van der Waals surface area contributed by atoms with Gasteiger partial charge in [-0.2, -0.15) is 9.61 Å². The Balaban J connectivity index is 1.65. The van der Waals surface area contributed by atoms with Gasteiger partial charge in [0, 0.05) is 43.7 Å². The number of aromatic nitrogens is 3. The highest BCUT2D eigenvalue weighted by Crippen LogP contribution is 2.32. The van der Waals surface area contributed by atoms with E-state index in [4.69, 9.17) is 4.74 Å². The number of fused-ring (bicyclic) bond motifs is 1. The Labute approximate surface area is 164 Å². The summed E-state index contributed by atoms with van der Waals surface area (Å²) in [7, 11) is 5.75. The summed E-state index contributed by atoms with van der Waals surface area (Å²) in [6.07, 6.45) is 3.69. The summed E-state index contributed by atoms with van der Waals surface area (Å²) < 4.78 is 7.07. The molecule has 0 atom stereocenters. The lowest BCUT2D eigenvalue weighted by Gasteiger charge is -2.16. The summed E-state index contributed by atoms with van der Waals surface area (Å²) in [5, 5.41) is 8.04. The molecule has 0 saturated carbocycles. The molecule has 4 rings (SSSR count). The molecule has 2 aromatic carbocycles. The van der Waals surface area contributed by atoms with Crippen molar-refractivity contribution in [3.05, 3.63) is 72.6 Å². The van der Waals surface area contributed by atoms with Crippen molar-refractivity contribution in [1.29, 1.82) is 0 Å². The summed E-state index contributed by atoms with van der Waals surface area (Å²) >= 11 is 0. The van der Waals surface area contributed by atoms with E-state index in [-0.39, 0.29) is 0 Å². The molecule has 0 aliphatic carbocycles. The van der Waals surface area contributed by atoms with Crippen molar-refractivity contribution in [2.45, 2.75) is 6.54 Å². The van der Waals surface area contributed by atoms with Crippen LogP contribution in [-0.4, -0.2) is 35.8 Å². The maximum atomic E-state index is 5.21. The quantitative estimate of drug-likeness (QED) is 0.552. The van der Waals surface area contributed by atoms with Gasteiger partial charge in [-0.15, -0.1) is 0 Å². The van der Waals surface area contributed by atoms with E-state index in [0.29, 0.717) is 6.54 Å². The van der Waals surface area contributed by atoms with Crippen LogP contribution in [0.3, 0.4) is 0 Å². The van der Waals surface area contributed by atoms with Gasteiger partial charge in [-0.05, 0) is 29.8 Å². The van der Waals surface area contributed by atoms with E-state index >= 15 is 0 Å². The van der Waals surface area contributed by atoms with Gasteiger partial charge in [-0.1, -0.05) is 30.3 Å². The molecule has 0 amide bonds. The minimum absolute atomic E-state index is 0.687. The molecule has 0 bridgehead atoms. The smallest absolute Gasteiger partial charge is 0.165 e. The maximum absolute atomic E-state index is 5.21. The zero-order chi connectivity index (χ0) is 19.5. The fourth-order valence-corrected chi connectivity index (χ4v) is 3.24. The number of methoxy groups -OCH3 is 1. The molecule has 1 N–H and O–H groups in total. The number of nitrogens with zero attached hydrogens (tertiary/aromatic N) is 4. The van der Waals surface area contributed by atoms with Gasteiger partial charge in [0.1, 0.15) is 11.6 Å². The van der Waals surface area contributed by atoms with Crippen molar-refractivity contribution >= 4 is 17.2 Å². The molecule has 0 aliphatic heterocycles. The lowest BCUT2D eigenvalue weighted by atomic mass is 10.1. The molecular weight excluding hydrogens is 350 g/mol. The summed E-state index contributed by atoms with van der Waals surface area (Å²) in [5.74, 6) is 1.75. The van der Waals surface area contributed by atoms with Gasteiger partial charge in [0.15, 0.2) is 5.65 Å². The fraction of sp³-hybridized carbons (Fsp3) is 0.182. The van der Waals surface area contributed by atoms with Crippen LogP contribution in [-0.2, 0) is 6.54 Å². The number of hydrogen-bond acceptors (Lipinski definition) is 5. The van der Waals surface area contributed by atoms with Crippen molar-refractivity contribution in [2.75, 3.05) is 31.4 Å². The Morgan fingerprint density at radius 3 is 2.54 bits per heavy atom.